The van der Waals surface area contributed by atoms with Gasteiger partial charge in [-0.15, -0.1) is 0 Å². The second-order valence-electron chi connectivity index (χ2n) is 6.31. The lowest BCUT2D eigenvalue weighted by Crippen LogP contribution is -2.40. The van der Waals surface area contributed by atoms with Crippen molar-refractivity contribution in [1.29, 1.82) is 0 Å². The summed E-state index contributed by atoms with van der Waals surface area (Å²) >= 11 is 0. The van der Waals surface area contributed by atoms with Crippen LogP contribution in [0.5, 0.6) is 0 Å². The van der Waals surface area contributed by atoms with Gasteiger partial charge in [0.15, 0.2) is 5.96 Å². The Hall–Kier alpha value is -1.58. The minimum absolute atomic E-state index is 0.201. The average molecular weight is 289 g/mol. The lowest BCUT2D eigenvalue weighted by molar-refractivity contribution is 0.431. The largest absolute Gasteiger partial charge is 0.357 e. The van der Waals surface area contributed by atoms with E-state index in [-0.39, 0.29) is 5.82 Å². The van der Waals surface area contributed by atoms with Gasteiger partial charge >= 0.3 is 0 Å². The number of halogens is 1. The second kappa shape index (κ2) is 6.04. The summed E-state index contributed by atoms with van der Waals surface area (Å²) in [6.45, 7) is 4.54. The highest BCUT2D eigenvalue weighted by atomic mass is 19.1. The molecule has 0 heterocycles. The summed E-state index contributed by atoms with van der Waals surface area (Å²) in [5.41, 5.74) is 1.59. The molecule has 1 aromatic carbocycles. The molecule has 0 radical (unpaired) electrons. The summed E-state index contributed by atoms with van der Waals surface area (Å²) in [5.74, 6) is 1.62. The van der Waals surface area contributed by atoms with Crippen molar-refractivity contribution in [2.45, 2.75) is 39.2 Å². The van der Waals surface area contributed by atoms with Crippen molar-refractivity contribution >= 4 is 5.96 Å². The highest BCUT2D eigenvalue weighted by molar-refractivity contribution is 5.79. The zero-order chi connectivity index (χ0) is 14.7. The first-order valence-electron chi connectivity index (χ1n) is 7.98. The molecular formula is C17H24FN3. The summed E-state index contributed by atoms with van der Waals surface area (Å²) in [4.78, 5) is 4.60. The van der Waals surface area contributed by atoms with Gasteiger partial charge in [0, 0.05) is 13.1 Å². The molecular weight excluding hydrogens is 265 g/mol. The van der Waals surface area contributed by atoms with Gasteiger partial charge in [-0.05, 0) is 61.6 Å². The van der Waals surface area contributed by atoms with Crippen LogP contribution in [0, 0.1) is 17.2 Å². The zero-order valence-corrected chi connectivity index (χ0v) is 12.7. The fraction of sp³-hybridized carbons (Fsp3) is 0.588. The van der Waals surface area contributed by atoms with E-state index in [2.05, 4.69) is 22.5 Å². The fourth-order valence-electron chi connectivity index (χ4n) is 2.95. The maximum absolute atomic E-state index is 12.9. The van der Waals surface area contributed by atoms with Crippen molar-refractivity contribution in [2.24, 2.45) is 16.3 Å². The van der Waals surface area contributed by atoms with E-state index in [4.69, 9.17) is 0 Å². The maximum atomic E-state index is 12.9. The molecule has 2 fully saturated rings. The lowest BCUT2D eigenvalue weighted by Gasteiger charge is -2.18. The van der Waals surface area contributed by atoms with Gasteiger partial charge in [-0.25, -0.2) is 9.38 Å². The van der Waals surface area contributed by atoms with E-state index in [1.54, 1.807) is 12.1 Å². The predicted octanol–water partition coefficient (Wildman–Crippen LogP) is 3.07. The van der Waals surface area contributed by atoms with Crippen LogP contribution in [0.15, 0.2) is 29.3 Å². The number of aliphatic imine (C=N–C) groups is 1. The standard InChI is InChI=1S/C17H24FN3/c1-2-19-16(20-11-13-3-7-15(18)8-4-13)21-12-17(9-10-17)14-5-6-14/h3-4,7-8,14H,2,5-6,9-12H2,1H3,(H2,19,20,21). The van der Waals surface area contributed by atoms with E-state index in [9.17, 15) is 4.39 Å². The third-order valence-corrected chi connectivity index (χ3v) is 4.62. The number of rotatable bonds is 6. The van der Waals surface area contributed by atoms with E-state index in [0.29, 0.717) is 12.0 Å². The van der Waals surface area contributed by atoms with Crippen LogP contribution >= 0.6 is 0 Å². The highest BCUT2D eigenvalue weighted by Gasteiger charge is 2.53. The Kier molecular flexibility index (Phi) is 4.13. The molecule has 1 aromatic rings. The number of hydrogen-bond donors (Lipinski definition) is 2. The van der Waals surface area contributed by atoms with Gasteiger partial charge in [0.25, 0.3) is 0 Å². The van der Waals surface area contributed by atoms with E-state index < -0.39 is 0 Å². The molecule has 2 aliphatic rings. The molecule has 0 spiro atoms. The maximum Gasteiger partial charge on any atom is 0.191 e. The van der Waals surface area contributed by atoms with Crippen LogP contribution in [0.2, 0.25) is 0 Å². The third kappa shape index (κ3) is 3.74. The van der Waals surface area contributed by atoms with Crippen LogP contribution < -0.4 is 10.6 Å². The summed E-state index contributed by atoms with van der Waals surface area (Å²) in [7, 11) is 0. The summed E-state index contributed by atoms with van der Waals surface area (Å²) in [6.07, 6.45) is 5.54. The SMILES string of the molecule is CCNC(=NCc1ccc(F)cc1)NCC1(C2CC2)CC1. The van der Waals surface area contributed by atoms with E-state index in [1.165, 1.54) is 37.8 Å². The van der Waals surface area contributed by atoms with Crippen molar-refractivity contribution in [1.82, 2.24) is 10.6 Å². The lowest BCUT2D eigenvalue weighted by atomic mass is 10.0. The van der Waals surface area contributed by atoms with E-state index in [0.717, 1.165) is 30.5 Å². The first-order valence-corrected chi connectivity index (χ1v) is 7.98. The smallest absolute Gasteiger partial charge is 0.191 e. The van der Waals surface area contributed by atoms with Crippen LogP contribution in [0.4, 0.5) is 4.39 Å². The molecule has 2 N–H and O–H groups in total. The highest BCUT2D eigenvalue weighted by Crippen LogP contribution is 2.60. The Bertz CT molecular complexity index is 501. The van der Waals surface area contributed by atoms with Gasteiger partial charge < -0.3 is 10.6 Å². The van der Waals surface area contributed by atoms with Gasteiger partial charge in [0.1, 0.15) is 5.82 Å². The minimum Gasteiger partial charge on any atom is -0.357 e. The predicted molar refractivity (Wildman–Crippen MR) is 83.6 cm³/mol. The normalized spacial score (nSPS) is 20.2. The molecule has 2 aliphatic carbocycles. The minimum atomic E-state index is -0.201. The number of nitrogens with one attached hydrogen (secondary N) is 2. The Balaban J connectivity index is 1.55. The molecule has 114 valence electrons. The summed E-state index contributed by atoms with van der Waals surface area (Å²) < 4.78 is 12.9. The number of hydrogen-bond acceptors (Lipinski definition) is 1. The molecule has 0 unspecified atom stereocenters. The Labute approximate surface area is 126 Å². The molecule has 0 amide bonds. The first-order chi connectivity index (χ1) is 10.2. The molecule has 0 atom stereocenters. The van der Waals surface area contributed by atoms with Crippen LogP contribution in [0.1, 0.15) is 38.2 Å². The molecule has 0 saturated heterocycles. The second-order valence-corrected chi connectivity index (χ2v) is 6.31. The van der Waals surface area contributed by atoms with Crippen molar-refractivity contribution in [2.75, 3.05) is 13.1 Å². The Morgan fingerprint density at radius 2 is 1.95 bits per heavy atom. The molecule has 0 bridgehead atoms. The molecule has 0 aromatic heterocycles. The van der Waals surface area contributed by atoms with Crippen molar-refractivity contribution in [3.8, 4) is 0 Å². The molecule has 2 saturated carbocycles. The molecule has 21 heavy (non-hydrogen) atoms. The fourth-order valence-corrected chi connectivity index (χ4v) is 2.95. The van der Waals surface area contributed by atoms with Crippen LogP contribution in [0.3, 0.4) is 0 Å². The number of benzene rings is 1. The van der Waals surface area contributed by atoms with Crippen LogP contribution in [-0.4, -0.2) is 19.0 Å². The zero-order valence-electron chi connectivity index (χ0n) is 12.7. The molecule has 4 heteroatoms. The van der Waals surface area contributed by atoms with Crippen LogP contribution in [-0.2, 0) is 6.54 Å². The van der Waals surface area contributed by atoms with Crippen molar-refractivity contribution < 1.29 is 4.39 Å². The monoisotopic (exact) mass is 289 g/mol. The number of guanidine groups is 1. The quantitative estimate of drug-likeness (QED) is 0.624. The van der Waals surface area contributed by atoms with Crippen LogP contribution in [0.25, 0.3) is 0 Å². The van der Waals surface area contributed by atoms with Gasteiger partial charge in [0.2, 0.25) is 0 Å². The number of nitrogens with zero attached hydrogens (tertiary/aromatic N) is 1. The van der Waals surface area contributed by atoms with Crippen molar-refractivity contribution in [3.63, 3.8) is 0 Å². The van der Waals surface area contributed by atoms with Gasteiger partial charge in [-0.2, -0.15) is 0 Å². The Morgan fingerprint density at radius 1 is 1.24 bits per heavy atom. The summed E-state index contributed by atoms with van der Waals surface area (Å²) in [5, 5.41) is 6.78. The van der Waals surface area contributed by atoms with Gasteiger partial charge in [-0.1, -0.05) is 12.1 Å². The molecule has 3 nitrogen and oxygen atoms in total. The van der Waals surface area contributed by atoms with Gasteiger partial charge in [0.05, 0.1) is 6.54 Å². The van der Waals surface area contributed by atoms with Gasteiger partial charge in [-0.3, -0.25) is 0 Å². The summed E-state index contributed by atoms with van der Waals surface area (Å²) in [6, 6.07) is 6.54. The average Bonchev–Trinajstić information content (AvgIpc) is 3.37. The molecule has 0 aliphatic heterocycles. The van der Waals surface area contributed by atoms with E-state index in [1.807, 2.05) is 0 Å². The Morgan fingerprint density at radius 3 is 2.52 bits per heavy atom. The van der Waals surface area contributed by atoms with E-state index >= 15 is 0 Å². The third-order valence-electron chi connectivity index (χ3n) is 4.62. The van der Waals surface area contributed by atoms with Crippen molar-refractivity contribution in [3.05, 3.63) is 35.6 Å². The first kappa shape index (κ1) is 14.4. The topological polar surface area (TPSA) is 36.4 Å². The molecule has 3 rings (SSSR count).